The van der Waals surface area contributed by atoms with Gasteiger partial charge in [0.15, 0.2) is 6.61 Å². The van der Waals surface area contributed by atoms with E-state index in [1.165, 1.54) is 11.1 Å². The summed E-state index contributed by atoms with van der Waals surface area (Å²) in [6.45, 7) is 2.87. The maximum atomic E-state index is 12.9. The third-order valence-electron chi connectivity index (χ3n) is 6.36. The monoisotopic (exact) mass is 422 g/mol. The molecule has 1 amide bonds. The number of carbonyl (C=O) groups is 1. The van der Waals surface area contributed by atoms with Gasteiger partial charge in [-0.15, -0.1) is 0 Å². The van der Waals surface area contributed by atoms with E-state index in [2.05, 4.69) is 17.7 Å². The molecule has 1 N–H and O–H groups in total. The maximum absolute atomic E-state index is 12.9. The molecule has 0 unspecified atom stereocenters. The molecule has 1 aromatic rings. The highest BCUT2D eigenvalue weighted by Crippen LogP contribution is 2.39. The van der Waals surface area contributed by atoms with Gasteiger partial charge in [-0.2, -0.15) is 0 Å². The quantitative estimate of drug-likeness (QED) is 0.787. The van der Waals surface area contributed by atoms with Gasteiger partial charge in [0.2, 0.25) is 10.0 Å². The van der Waals surface area contributed by atoms with E-state index in [4.69, 9.17) is 9.47 Å². The number of hydrogen-bond acceptors (Lipinski definition) is 5. The van der Waals surface area contributed by atoms with Crippen molar-refractivity contribution in [2.24, 2.45) is 0 Å². The molecule has 0 spiro atoms. The molecular weight excluding hydrogens is 392 g/mol. The Kier molecular flexibility index (Phi) is 5.86. The third kappa shape index (κ3) is 4.75. The van der Waals surface area contributed by atoms with Crippen molar-refractivity contribution < 1.29 is 22.7 Å². The Morgan fingerprint density at radius 1 is 1.14 bits per heavy atom. The van der Waals surface area contributed by atoms with E-state index < -0.39 is 10.0 Å². The van der Waals surface area contributed by atoms with E-state index in [0.29, 0.717) is 25.5 Å². The van der Waals surface area contributed by atoms with Gasteiger partial charge in [0.05, 0.1) is 25.0 Å². The second kappa shape index (κ2) is 8.24. The molecule has 3 aliphatic heterocycles. The van der Waals surface area contributed by atoms with Crippen LogP contribution in [0.15, 0.2) is 18.2 Å². The predicted octanol–water partition coefficient (Wildman–Crippen LogP) is 1.95. The van der Waals surface area contributed by atoms with Gasteiger partial charge in [0.1, 0.15) is 5.75 Å². The summed E-state index contributed by atoms with van der Waals surface area (Å²) in [5.74, 6) is 1.07. The van der Waals surface area contributed by atoms with Crippen LogP contribution in [0.5, 0.6) is 5.75 Å². The molecule has 1 aliphatic carbocycles. The third-order valence-corrected chi connectivity index (χ3v) is 7.10. The number of benzene rings is 1. The Morgan fingerprint density at radius 3 is 2.62 bits per heavy atom. The molecule has 2 fully saturated rings. The molecule has 2 bridgehead atoms. The van der Waals surface area contributed by atoms with Crippen LogP contribution in [0, 0.1) is 6.92 Å². The zero-order chi connectivity index (χ0) is 20.6. The van der Waals surface area contributed by atoms with Crippen LogP contribution in [0.2, 0.25) is 0 Å². The van der Waals surface area contributed by atoms with Crippen molar-refractivity contribution in [3.05, 3.63) is 29.3 Å². The second-order valence-corrected chi connectivity index (χ2v) is 10.4. The van der Waals surface area contributed by atoms with Crippen LogP contribution in [0.3, 0.4) is 0 Å². The van der Waals surface area contributed by atoms with Crippen LogP contribution in [-0.4, -0.2) is 63.4 Å². The number of fused-ring (bicyclic) bond motifs is 5. The molecule has 0 radical (unpaired) electrons. The highest BCUT2D eigenvalue weighted by Gasteiger charge is 2.39. The minimum Gasteiger partial charge on any atom is -0.483 e. The number of ether oxygens (including phenoxy) is 2. The number of amides is 1. The highest BCUT2D eigenvalue weighted by molar-refractivity contribution is 7.88. The number of carbonyl (C=O) groups excluding carboxylic acids is 1. The lowest BCUT2D eigenvalue weighted by Crippen LogP contribution is -2.50. The van der Waals surface area contributed by atoms with E-state index in [-0.39, 0.29) is 30.7 Å². The summed E-state index contributed by atoms with van der Waals surface area (Å²) < 4.78 is 38.4. The Morgan fingerprint density at radius 2 is 1.90 bits per heavy atom. The first-order valence-corrected chi connectivity index (χ1v) is 12.3. The minimum atomic E-state index is -3.36. The van der Waals surface area contributed by atoms with Crippen LogP contribution >= 0.6 is 0 Å². The Labute approximate surface area is 172 Å². The molecule has 3 heterocycles. The first-order chi connectivity index (χ1) is 13.8. The van der Waals surface area contributed by atoms with Gasteiger partial charge < -0.3 is 14.4 Å². The summed E-state index contributed by atoms with van der Waals surface area (Å²) in [4.78, 5) is 14.7. The predicted molar refractivity (Wildman–Crippen MR) is 110 cm³/mol. The molecule has 7 nitrogen and oxygen atoms in total. The van der Waals surface area contributed by atoms with Gasteiger partial charge in [0.25, 0.3) is 5.91 Å². The largest absolute Gasteiger partial charge is 0.483 e. The average Bonchev–Trinajstić information content (AvgIpc) is 3.06. The number of hydrogen-bond donors (Lipinski definition) is 1. The molecule has 160 valence electrons. The highest BCUT2D eigenvalue weighted by atomic mass is 32.2. The van der Waals surface area contributed by atoms with Crippen molar-refractivity contribution in [2.45, 2.75) is 63.1 Å². The first kappa shape index (κ1) is 20.6. The van der Waals surface area contributed by atoms with Crippen LogP contribution in [0.1, 0.15) is 49.1 Å². The molecule has 5 rings (SSSR count). The molecule has 4 aliphatic rings. The molecule has 1 saturated carbocycles. The second-order valence-electron chi connectivity index (χ2n) is 8.58. The van der Waals surface area contributed by atoms with E-state index in [0.717, 1.165) is 37.7 Å². The van der Waals surface area contributed by atoms with Crippen LogP contribution in [-0.2, 0) is 19.6 Å². The summed E-state index contributed by atoms with van der Waals surface area (Å²) >= 11 is 0. The normalized spacial score (nSPS) is 30.6. The van der Waals surface area contributed by atoms with Crippen molar-refractivity contribution in [3.8, 4) is 5.75 Å². The summed E-state index contributed by atoms with van der Waals surface area (Å²) in [5.41, 5.74) is 2.38. The van der Waals surface area contributed by atoms with Crippen molar-refractivity contribution in [2.75, 3.05) is 26.0 Å². The molecule has 1 aromatic carbocycles. The van der Waals surface area contributed by atoms with Crippen LogP contribution < -0.4 is 9.46 Å². The lowest BCUT2D eigenvalue weighted by atomic mass is 9.82. The van der Waals surface area contributed by atoms with E-state index in [1.807, 2.05) is 12.1 Å². The van der Waals surface area contributed by atoms with Crippen LogP contribution in [0.25, 0.3) is 0 Å². The fourth-order valence-corrected chi connectivity index (χ4v) is 5.72. The number of sulfonamides is 1. The topological polar surface area (TPSA) is 84.9 Å². The van der Waals surface area contributed by atoms with Crippen molar-refractivity contribution in [3.63, 3.8) is 0 Å². The average molecular weight is 423 g/mol. The standard InChI is InChI=1S/C21H30N2O5S/c1-14-3-8-20-17(11-14)15-4-6-16(7-5-15)27-12-19-18(22-29(2,25)26)9-10-23(19)21(24)13-28-20/h3,8,11,15-16,18-19,22H,4-7,9-10,12-13H2,1-2H3/t15-,16+,18-,19-/m0/s1. The zero-order valence-corrected chi connectivity index (χ0v) is 17.9. The Balaban J connectivity index is 1.60. The zero-order valence-electron chi connectivity index (χ0n) is 17.1. The van der Waals surface area contributed by atoms with Gasteiger partial charge in [0, 0.05) is 12.6 Å². The Hall–Kier alpha value is -1.64. The smallest absolute Gasteiger partial charge is 0.260 e. The Bertz CT molecular complexity index is 864. The SMILES string of the molecule is Cc1ccc2c(c1)[C@H]1CC[C@H](CC1)OC[C@H]1[C@@H](NS(C)(=O)=O)CCN1C(=O)CO2. The fraction of sp³-hybridized carbons (Fsp3) is 0.667. The van der Waals surface area contributed by atoms with E-state index in [1.54, 1.807) is 4.90 Å². The van der Waals surface area contributed by atoms with Gasteiger partial charge in [-0.3, -0.25) is 4.79 Å². The minimum absolute atomic E-state index is 0.0473. The summed E-state index contributed by atoms with van der Waals surface area (Å²) in [7, 11) is -3.36. The van der Waals surface area contributed by atoms with Crippen molar-refractivity contribution in [1.29, 1.82) is 0 Å². The number of rotatable bonds is 2. The molecule has 8 heteroatoms. The number of aryl methyl sites for hydroxylation is 1. The lowest BCUT2D eigenvalue weighted by Gasteiger charge is -2.32. The van der Waals surface area contributed by atoms with Crippen molar-refractivity contribution >= 4 is 15.9 Å². The van der Waals surface area contributed by atoms with Gasteiger partial charge in [-0.1, -0.05) is 17.7 Å². The van der Waals surface area contributed by atoms with Gasteiger partial charge in [-0.05, 0) is 56.6 Å². The molecule has 29 heavy (non-hydrogen) atoms. The maximum Gasteiger partial charge on any atom is 0.260 e. The van der Waals surface area contributed by atoms with E-state index in [9.17, 15) is 13.2 Å². The van der Waals surface area contributed by atoms with Crippen LogP contribution in [0.4, 0.5) is 0 Å². The summed E-state index contributed by atoms with van der Waals surface area (Å²) in [6.07, 6.45) is 5.86. The summed E-state index contributed by atoms with van der Waals surface area (Å²) in [5, 5.41) is 0. The van der Waals surface area contributed by atoms with Gasteiger partial charge >= 0.3 is 0 Å². The fourth-order valence-electron chi connectivity index (χ4n) is 4.90. The van der Waals surface area contributed by atoms with E-state index >= 15 is 0 Å². The molecule has 0 aromatic heterocycles. The molecular formula is C21H30N2O5S. The molecule has 2 atom stereocenters. The number of nitrogens with zero attached hydrogens (tertiary/aromatic N) is 1. The number of nitrogens with one attached hydrogen (secondary N) is 1. The summed E-state index contributed by atoms with van der Waals surface area (Å²) in [6, 6.07) is 5.52. The van der Waals surface area contributed by atoms with Crippen molar-refractivity contribution in [1.82, 2.24) is 9.62 Å². The first-order valence-electron chi connectivity index (χ1n) is 10.4. The molecule has 1 saturated heterocycles. The van der Waals surface area contributed by atoms with Gasteiger partial charge in [-0.25, -0.2) is 13.1 Å². The lowest BCUT2D eigenvalue weighted by molar-refractivity contribution is -0.136.